The molecule has 3 nitrogen and oxygen atoms in total. The van der Waals surface area contributed by atoms with E-state index in [1.54, 1.807) is 0 Å². The van der Waals surface area contributed by atoms with Crippen molar-refractivity contribution in [2.45, 2.75) is 63.5 Å². The van der Waals surface area contributed by atoms with Gasteiger partial charge in [-0.2, -0.15) is 0 Å². The van der Waals surface area contributed by atoms with Gasteiger partial charge in [0, 0.05) is 12.1 Å². The summed E-state index contributed by atoms with van der Waals surface area (Å²) in [6.45, 7) is 0. The van der Waals surface area contributed by atoms with Crippen LogP contribution in [0.4, 0.5) is 0 Å². The molecule has 0 heterocycles. The number of aliphatic carboxylic acids is 1. The molecule has 0 bridgehead atoms. The molecule has 20 heavy (non-hydrogen) atoms. The van der Waals surface area contributed by atoms with Crippen molar-refractivity contribution in [3.8, 4) is 0 Å². The van der Waals surface area contributed by atoms with Crippen molar-refractivity contribution in [2.24, 2.45) is 0 Å². The summed E-state index contributed by atoms with van der Waals surface area (Å²) in [6.07, 6.45) is 8.54. The lowest BCUT2D eigenvalue weighted by atomic mass is 10.0. The maximum absolute atomic E-state index is 11.1. The SMILES string of the molecule is O=C(O)CC(Cc1ccccc1)NC1CCCCCC1. The average Bonchev–Trinajstić information content (AvgIpc) is 2.68. The average molecular weight is 275 g/mol. The summed E-state index contributed by atoms with van der Waals surface area (Å²) in [7, 11) is 0. The number of hydrogen-bond donors (Lipinski definition) is 2. The lowest BCUT2D eigenvalue weighted by Gasteiger charge is -2.24. The van der Waals surface area contributed by atoms with Crippen molar-refractivity contribution in [1.82, 2.24) is 5.32 Å². The highest BCUT2D eigenvalue weighted by atomic mass is 16.4. The highest BCUT2D eigenvalue weighted by molar-refractivity contribution is 5.67. The summed E-state index contributed by atoms with van der Waals surface area (Å²) in [5, 5.41) is 12.7. The van der Waals surface area contributed by atoms with Crippen LogP contribution in [0.15, 0.2) is 30.3 Å². The van der Waals surface area contributed by atoms with E-state index < -0.39 is 5.97 Å². The molecule has 0 spiro atoms. The molecule has 1 aliphatic carbocycles. The first-order valence-electron chi connectivity index (χ1n) is 7.76. The predicted octanol–water partition coefficient (Wildman–Crippen LogP) is 3.38. The third kappa shape index (κ3) is 5.33. The standard InChI is InChI=1S/C17H25NO2/c19-17(20)13-16(12-14-8-4-3-5-9-14)18-15-10-6-1-2-7-11-15/h3-5,8-9,15-16,18H,1-2,6-7,10-13H2,(H,19,20). The molecule has 1 atom stereocenters. The fourth-order valence-corrected chi connectivity index (χ4v) is 3.08. The van der Waals surface area contributed by atoms with Crippen LogP contribution in [0, 0.1) is 0 Å². The summed E-state index contributed by atoms with van der Waals surface area (Å²) in [5.74, 6) is -0.716. The maximum Gasteiger partial charge on any atom is 0.304 e. The number of benzene rings is 1. The van der Waals surface area contributed by atoms with Gasteiger partial charge in [0.1, 0.15) is 0 Å². The quantitative estimate of drug-likeness (QED) is 0.782. The second kappa shape index (κ2) is 8.05. The van der Waals surface area contributed by atoms with Crippen LogP contribution in [-0.4, -0.2) is 23.2 Å². The molecule has 2 N–H and O–H groups in total. The summed E-state index contributed by atoms with van der Waals surface area (Å²) >= 11 is 0. The van der Waals surface area contributed by atoms with Gasteiger partial charge >= 0.3 is 5.97 Å². The van der Waals surface area contributed by atoms with E-state index in [4.69, 9.17) is 5.11 Å². The van der Waals surface area contributed by atoms with Crippen LogP contribution in [0.25, 0.3) is 0 Å². The highest BCUT2D eigenvalue weighted by Gasteiger charge is 2.19. The fraction of sp³-hybridized carbons (Fsp3) is 0.588. The van der Waals surface area contributed by atoms with Crippen LogP contribution in [0.2, 0.25) is 0 Å². The second-order valence-electron chi connectivity index (χ2n) is 5.84. The van der Waals surface area contributed by atoms with Crippen molar-refractivity contribution >= 4 is 5.97 Å². The number of carboxylic acids is 1. The van der Waals surface area contributed by atoms with E-state index in [1.165, 1.54) is 44.1 Å². The van der Waals surface area contributed by atoms with Crippen LogP contribution < -0.4 is 5.32 Å². The third-order valence-electron chi connectivity index (χ3n) is 4.07. The predicted molar refractivity (Wildman–Crippen MR) is 80.8 cm³/mol. The van der Waals surface area contributed by atoms with Gasteiger partial charge in [0.15, 0.2) is 0 Å². The molecule has 0 radical (unpaired) electrons. The summed E-state index contributed by atoms with van der Waals surface area (Å²) in [5.41, 5.74) is 1.21. The summed E-state index contributed by atoms with van der Waals surface area (Å²) in [4.78, 5) is 11.1. The van der Waals surface area contributed by atoms with Crippen LogP contribution in [-0.2, 0) is 11.2 Å². The zero-order chi connectivity index (χ0) is 14.2. The molecule has 2 rings (SSSR count). The molecule has 0 amide bonds. The zero-order valence-corrected chi connectivity index (χ0v) is 12.1. The van der Waals surface area contributed by atoms with E-state index in [0.29, 0.717) is 6.04 Å². The minimum atomic E-state index is -0.716. The molecule has 1 aromatic carbocycles. The third-order valence-corrected chi connectivity index (χ3v) is 4.07. The van der Waals surface area contributed by atoms with Gasteiger partial charge in [-0.15, -0.1) is 0 Å². The number of nitrogens with one attached hydrogen (secondary N) is 1. The second-order valence-corrected chi connectivity index (χ2v) is 5.84. The van der Waals surface area contributed by atoms with E-state index in [1.807, 2.05) is 18.2 Å². The number of carbonyl (C=O) groups is 1. The van der Waals surface area contributed by atoms with Gasteiger partial charge in [0.2, 0.25) is 0 Å². The minimum absolute atomic E-state index is 0.0398. The Kier molecular flexibility index (Phi) is 6.06. The van der Waals surface area contributed by atoms with Crippen molar-refractivity contribution in [3.63, 3.8) is 0 Å². The van der Waals surface area contributed by atoms with E-state index in [-0.39, 0.29) is 12.5 Å². The molecule has 1 aliphatic rings. The van der Waals surface area contributed by atoms with Crippen LogP contribution in [0.3, 0.4) is 0 Å². The van der Waals surface area contributed by atoms with E-state index >= 15 is 0 Å². The molecule has 3 heteroatoms. The van der Waals surface area contributed by atoms with Crippen molar-refractivity contribution in [1.29, 1.82) is 0 Å². The van der Waals surface area contributed by atoms with Gasteiger partial charge < -0.3 is 10.4 Å². The normalized spacial score (nSPS) is 18.4. The van der Waals surface area contributed by atoms with E-state index in [0.717, 1.165) is 6.42 Å². The molecule has 1 fully saturated rings. The molecule has 1 aromatic rings. The molecule has 1 unspecified atom stereocenters. The molecular formula is C17H25NO2. The molecule has 110 valence electrons. The Labute approximate surface area is 121 Å². The van der Waals surface area contributed by atoms with Crippen LogP contribution in [0.5, 0.6) is 0 Å². The van der Waals surface area contributed by atoms with Gasteiger partial charge in [-0.25, -0.2) is 0 Å². The lowest BCUT2D eigenvalue weighted by Crippen LogP contribution is -2.40. The highest BCUT2D eigenvalue weighted by Crippen LogP contribution is 2.18. The van der Waals surface area contributed by atoms with E-state index in [9.17, 15) is 4.79 Å². The Morgan fingerprint density at radius 2 is 1.80 bits per heavy atom. The Hall–Kier alpha value is -1.35. The molecule has 1 saturated carbocycles. The largest absolute Gasteiger partial charge is 0.481 e. The fourth-order valence-electron chi connectivity index (χ4n) is 3.08. The molecule has 0 aliphatic heterocycles. The summed E-state index contributed by atoms with van der Waals surface area (Å²) < 4.78 is 0. The number of rotatable bonds is 6. The van der Waals surface area contributed by atoms with Crippen molar-refractivity contribution in [2.75, 3.05) is 0 Å². The monoisotopic (exact) mass is 275 g/mol. The van der Waals surface area contributed by atoms with Gasteiger partial charge in [-0.3, -0.25) is 4.79 Å². The van der Waals surface area contributed by atoms with Crippen molar-refractivity contribution < 1.29 is 9.90 Å². The Bertz CT molecular complexity index is 397. The zero-order valence-electron chi connectivity index (χ0n) is 12.1. The number of carboxylic acid groups (broad SMARTS) is 1. The van der Waals surface area contributed by atoms with E-state index in [2.05, 4.69) is 17.4 Å². The first kappa shape index (κ1) is 15.0. The summed E-state index contributed by atoms with van der Waals surface area (Å²) in [6, 6.07) is 10.7. The van der Waals surface area contributed by atoms with Crippen molar-refractivity contribution in [3.05, 3.63) is 35.9 Å². The molecule has 0 saturated heterocycles. The lowest BCUT2D eigenvalue weighted by molar-refractivity contribution is -0.137. The topological polar surface area (TPSA) is 49.3 Å². The van der Waals surface area contributed by atoms with Crippen LogP contribution >= 0.6 is 0 Å². The van der Waals surface area contributed by atoms with Gasteiger partial charge in [-0.05, 0) is 24.8 Å². The maximum atomic E-state index is 11.1. The number of hydrogen-bond acceptors (Lipinski definition) is 2. The Morgan fingerprint density at radius 1 is 1.15 bits per heavy atom. The van der Waals surface area contributed by atoms with Crippen LogP contribution in [0.1, 0.15) is 50.5 Å². The van der Waals surface area contributed by atoms with Gasteiger partial charge in [0.25, 0.3) is 0 Å². The smallest absolute Gasteiger partial charge is 0.304 e. The Morgan fingerprint density at radius 3 is 2.40 bits per heavy atom. The van der Waals surface area contributed by atoms with Gasteiger partial charge in [-0.1, -0.05) is 56.0 Å². The first-order valence-corrected chi connectivity index (χ1v) is 7.76. The Balaban J connectivity index is 1.93. The molecule has 0 aromatic heterocycles. The molecular weight excluding hydrogens is 250 g/mol. The van der Waals surface area contributed by atoms with Gasteiger partial charge in [0.05, 0.1) is 6.42 Å². The first-order chi connectivity index (χ1) is 9.74. The minimum Gasteiger partial charge on any atom is -0.481 e.